The summed E-state index contributed by atoms with van der Waals surface area (Å²) in [6.45, 7) is 4.74. The van der Waals surface area contributed by atoms with E-state index in [4.69, 9.17) is 4.74 Å². The maximum Gasteiger partial charge on any atom is 0.158 e. The minimum atomic E-state index is 0.0902. The molecule has 2 aliphatic rings. The third-order valence-electron chi connectivity index (χ3n) is 3.08. The Bertz CT molecular complexity index is 414. The van der Waals surface area contributed by atoms with E-state index in [2.05, 4.69) is 35.0 Å². The molecule has 0 radical (unpaired) electrons. The number of aryl methyl sites for hydroxylation is 1. The second-order valence-electron chi connectivity index (χ2n) is 4.07. The first-order valence-electron chi connectivity index (χ1n) is 5.32. The van der Waals surface area contributed by atoms with Crippen molar-refractivity contribution < 1.29 is 4.74 Å². The Hall–Kier alpha value is -1.35. The number of ether oxygens (including phenoxy) is 1. The number of aliphatic imine (C=N–C) groups is 1. The van der Waals surface area contributed by atoms with Crippen molar-refractivity contribution in [1.29, 1.82) is 0 Å². The zero-order valence-electron chi connectivity index (χ0n) is 8.81. The van der Waals surface area contributed by atoms with Crippen molar-refractivity contribution in [2.75, 3.05) is 13.1 Å². The van der Waals surface area contributed by atoms with Crippen molar-refractivity contribution in [1.82, 2.24) is 4.90 Å². The molecule has 0 fully saturated rings. The monoisotopic (exact) mass is 202 g/mol. The quantitative estimate of drug-likeness (QED) is 0.694. The second kappa shape index (κ2) is 3.35. The minimum absolute atomic E-state index is 0.0902. The van der Waals surface area contributed by atoms with Gasteiger partial charge in [0.15, 0.2) is 6.23 Å². The topological polar surface area (TPSA) is 24.8 Å². The van der Waals surface area contributed by atoms with Gasteiger partial charge in [0, 0.05) is 12.1 Å². The summed E-state index contributed by atoms with van der Waals surface area (Å²) >= 11 is 0. The second-order valence-corrected chi connectivity index (χ2v) is 4.07. The van der Waals surface area contributed by atoms with E-state index in [1.54, 1.807) is 0 Å². The highest BCUT2D eigenvalue weighted by atomic mass is 16.5. The van der Waals surface area contributed by atoms with Crippen LogP contribution in [0.2, 0.25) is 0 Å². The molecule has 15 heavy (non-hydrogen) atoms. The molecule has 1 aromatic rings. The number of hydrogen-bond acceptors (Lipinski definition) is 3. The molecule has 1 atom stereocenters. The van der Waals surface area contributed by atoms with Crippen molar-refractivity contribution in [3.63, 3.8) is 0 Å². The summed E-state index contributed by atoms with van der Waals surface area (Å²) in [7, 11) is 0. The van der Waals surface area contributed by atoms with E-state index >= 15 is 0 Å². The van der Waals surface area contributed by atoms with Crippen LogP contribution in [-0.4, -0.2) is 24.3 Å². The average Bonchev–Trinajstić information content (AvgIpc) is 2.85. The summed E-state index contributed by atoms with van der Waals surface area (Å²) in [5.74, 6) is 0. The largest absolute Gasteiger partial charge is 0.349 e. The molecule has 0 aliphatic carbocycles. The van der Waals surface area contributed by atoms with Gasteiger partial charge in [-0.25, -0.2) is 0 Å². The van der Waals surface area contributed by atoms with Gasteiger partial charge >= 0.3 is 0 Å². The summed E-state index contributed by atoms with van der Waals surface area (Å²) in [5.41, 5.74) is 3.97. The van der Waals surface area contributed by atoms with E-state index in [1.807, 2.05) is 6.34 Å². The molecule has 0 spiro atoms. The third kappa shape index (κ3) is 1.35. The number of nitrogens with zero attached hydrogens (tertiary/aromatic N) is 2. The molecule has 78 valence electrons. The van der Waals surface area contributed by atoms with Crippen LogP contribution in [0.25, 0.3) is 0 Å². The molecule has 2 aliphatic heterocycles. The van der Waals surface area contributed by atoms with Crippen LogP contribution >= 0.6 is 0 Å². The van der Waals surface area contributed by atoms with Gasteiger partial charge in [-0.2, -0.15) is 0 Å². The maximum atomic E-state index is 5.82. The molecule has 0 aromatic heterocycles. The number of hydrogen-bond donors (Lipinski definition) is 0. The van der Waals surface area contributed by atoms with Crippen LogP contribution in [-0.2, 0) is 11.3 Å². The fourth-order valence-corrected chi connectivity index (χ4v) is 2.31. The predicted molar refractivity (Wildman–Crippen MR) is 58.8 cm³/mol. The van der Waals surface area contributed by atoms with E-state index in [0.29, 0.717) is 0 Å². The van der Waals surface area contributed by atoms with E-state index in [1.165, 1.54) is 16.7 Å². The van der Waals surface area contributed by atoms with E-state index in [-0.39, 0.29) is 6.23 Å². The molecule has 3 rings (SSSR count). The summed E-state index contributed by atoms with van der Waals surface area (Å²) in [6.07, 6.45) is 2.00. The maximum absolute atomic E-state index is 5.82. The molecule has 0 saturated heterocycles. The number of benzene rings is 1. The molecule has 0 N–H and O–H groups in total. The Morgan fingerprint density at radius 2 is 2.40 bits per heavy atom. The molecule has 0 saturated carbocycles. The van der Waals surface area contributed by atoms with Crippen molar-refractivity contribution in [2.24, 2.45) is 4.99 Å². The smallest absolute Gasteiger partial charge is 0.158 e. The molecule has 3 heteroatoms. The highest BCUT2D eigenvalue weighted by molar-refractivity contribution is 5.58. The Morgan fingerprint density at radius 1 is 1.47 bits per heavy atom. The van der Waals surface area contributed by atoms with Crippen LogP contribution in [0.1, 0.15) is 22.9 Å². The molecule has 0 bridgehead atoms. The van der Waals surface area contributed by atoms with Crippen LogP contribution in [0.15, 0.2) is 23.2 Å². The van der Waals surface area contributed by atoms with E-state index < -0.39 is 0 Å². The lowest BCUT2D eigenvalue weighted by atomic mass is 10.0. The van der Waals surface area contributed by atoms with Gasteiger partial charge in [-0.15, -0.1) is 0 Å². The molecule has 2 heterocycles. The van der Waals surface area contributed by atoms with Crippen LogP contribution < -0.4 is 0 Å². The Labute approximate surface area is 89.4 Å². The van der Waals surface area contributed by atoms with Gasteiger partial charge in [-0.05, 0) is 18.1 Å². The van der Waals surface area contributed by atoms with Crippen molar-refractivity contribution in [2.45, 2.75) is 19.8 Å². The zero-order valence-corrected chi connectivity index (χ0v) is 8.81. The Kier molecular flexibility index (Phi) is 1.99. The molecule has 3 nitrogen and oxygen atoms in total. The summed E-state index contributed by atoms with van der Waals surface area (Å²) < 4.78 is 5.82. The van der Waals surface area contributed by atoms with Gasteiger partial charge in [0.05, 0.1) is 19.5 Å². The van der Waals surface area contributed by atoms with Crippen LogP contribution in [0.5, 0.6) is 0 Å². The van der Waals surface area contributed by atoms with Gasteiger partial charge in [-0.3, -0.25) is 4.99 Å². The third-order valence-corrected chi connectivity index (χ3v) is 3.08. The normalized spacial score (nSPS) is 23.5. The number of rotatable bonds is 1. The molecular formula is C12H14N2O. The van der Waals surface area contributed by atoms with Crippen molar-refractivity contribution in [3.8, 4) is 0 Å². The lowest BCUT2D eigenvalue weighted by Gasteiger charge is -2.23. The van der Waals surface area contributed by atoms with Gasteiger partial charge in [0.2, 0.25) is 0 Å². The minimum Gasteiger partial charge on any atom is -0.349 e. The van der Waals surface area contributed by atoms with Crippen LogP contribution in [0.3, 0.4) is 0 Å². The van der Waals surface area contributed by atoms with Crippen LogP contribution in [0.4, 0.5) is 0 Å². The average molecular weight is 202 g/mol. The predicted octanol–water partition coefficient (Wildman–Crippen LogP) is 1.87. The lowest BCUT2D eigenvalue weighted by Crippen LogP contribution is -2.25. The van der Waals surface area contributed by atoms with Gasteiger partial charge in [0.1, 0.15) is 0 Å². The summed E-state index contributed by atoms with van der Waals surface area (Å²) in [5, 5.41) is 0. The highest BCUT2D eigenvalue weighted by Crippen LogP contribution is 2.35. The Morgan fingerprint density at radius 3 is 3.20 bits per heavy atom. The highest BCUT2D eigenvalue weighted by Gasteiger charge is 2.29. The summed E-state index contributed by atoms with van der Waals surface area (Å²) in [4.78, 5) is 6.41. The van der Waals surface area contributed by atoms with Gasteiger partial charge in [0.25, 0.3) is 0 Å². The van der Waals surface area contributed by atoms with Crippen molar-refractivity contribution >= 4 is 6.34 Å². The fourth-order valence-electron chi connectivity index (χ4n) is 2.31. The fraction of sp³-hybridized carbons (Fsp3) is 0.417. The first-order valence-corrected chi connectivity index (χ1v) is 5.32. The van der Waals surface area contributed by atoms with Gasteiger partial charge < -0.3 is 9.64 Å². The summed E-state index contributed by atoms with van der Waals surface area (Å²) in [6, 6.07) is 6.39. The van der Waals surface area contributed by atoms with E-state index in [0.717, 1.165) is 19.7 Å². The first-order chi connectivity index (χ1) is 7.36. The lowest BCUT2D eigenvalue weighted by molar-refractivity contribution is -0.0104. The zero-order chi connectivity index (χ0) is 10.3. The van der Waals surface area contributed by atoms with Gasteiger partial charge in [-0.1, -0.05) is 18.2 Å². The van der Waals surface area contributed by atoms with Crippen molar-refractivity contribution in [3.05, 3.63) is 34.9 Å². The molecule has 1 aromatic carbocycles. The SMILES string of the molecule is Cc1cccc2c1C(N1C=NCC1)OC2. The standard InChI is InChI=1S/C12H14N2O/c1-9-3-2-4-10-7-15-12(11(9)10)14-6-5-13-8-14/h2-4,8,12H,5-7H2,1H3. The van der Waals surface area contributed by atoms with Crippen LogP contribution in [0, 0.1) is 6.92 Å². The molecule has 0 amide bonds. The number of fused-ring (bicyclic) bond motifs is 1. The van der Waals surface area contributed by atoms with E-state index in [9.17, 15) is 0 Å². The molecular weight excluding hydrogens is 188 g/mol. The molecule has 1 unspecified atom stereocenters. The Balaban J connectivity index is 1.99. The first kappa shape index (κ1) is 8.92.